The number of hydrogen-bond donors (Lipinski definition) is 1. The fourth-order valence-electron chi connectivity index (χ4n) is 2.37. The van der Waals surface area contributed by atoms with Crippen molar-refractivity contribution in [3.05, 3.63) is 64.1 Å². The predicted octanol–water partition coefficient (Wildman–Crippen LogP) is 4.41. The highest BCUT2D eigenvalue weighted by molar-refractivity contribution is 7.13. The number of hydrogen-bond acceptors (Lipinski definition) is 5. The minimum absolute atomic E-state index is 0.226. The molecule has 0 aliphatic carbocycles. The average Bonchev–Trinajstić information content (AvgIpc) is 3.16. The fraction of sp³-hybridized carbons (Fsp3) is 0.158. The zero-order chi connectivity index (χ0) is 18.5. The Balaban J connectivity index is 1.66. The van der Waals surface area contributed by atoms with E-state index in [-0.39, 0.29) is 5.91 Å². The van der Waals surface area contributed by atoms with E-state index in [0.717, 1.165) is 16.1 Å². The van der Waals surface area contributed by atoms with Gasteiger partial charge in [0.05, 0.1) is 14.2 Å². The quantitative estimate of drug-likeness (QED) is 0.679. The number of nitrogens with one attached hydrogen (secondary N) is 1. The summed E-state index contributed by atoms with van der Waals surface area (Å²) in [6, 6.07) is 12.9. The van der Waals surface area contributed by atoms with Gasteiger partial charge in [-0.25, -0.2) is 4.98 Å². The van der Waals surface area contributed by atoms with E-state index >= 15 is 0 Å². The van der Waals surface area contributed by atoms with Gasteiger partial charge in [0.1, 0.15) is 10.7 Å². The summed E-state index contributed by atoms with van der Waals surface area (Å²) in [5.41, 5.74) is 2.22. The van der Waals surface area contributed by atoms with Crippen LogP contribution >= 0.6 is 22.9 Å². The normalized spacial score (nSPS) is 10.4. The van der Waals surface area contributed by atoms with Gasteiger partial charge in [0, 0.05) is 22.5 Å². The molecule has 0 radical (unpaired) electrons. The molecular formula is C19H17ClN2O3S. The van der Waals surface area contributed by atoms with E-state index in [4.69, 9.17) is 21.1 Å². The van der Waals surface area contributed by atoms with Gasteiger partial charge in [0.2, 0.25) is 0 Å². The van der Waals surface area contributed by atoms with Crippen molar-refractivity contribution in [3.63, 3.8) is 0 Å². The first-order valence-corrected chi connectivity index (χ1v) is 9.07. The summed E-state index contributed by atoms with van der Waals surface area (Å²) >= 11 is 7.31. The second-order valence-corrected chi connectivity index (χ2v) is 6.71. The van der Waals surface area contributed by atoms with Gasteiger partial charge in [-0.2, -0.15) is 0 Å². The van der Waals surface area contributed by atoms with Crippen molar-refractivity contribution in [1.29, 1.82) is 0 Å². The SMILES string of the molecule is COc1ccc(CNC(=O)c2csc(-c3ccc(Cl)cc3)n2)cc1OC. The van der Waals surface area contributed by atoms with Crippen molar-refractivity contribution < 1.29 is 14.3 Å². The van der Waals surface area contributed by atoms with Gasteiger partial charge >= 0.3 is 0 Å². The molecule has 2 aromatic carbocycles. The van der Waals surface area contributed by atoms with Gasteiger partial charge < -0.3 is 14.8 Å². The third-order valence-corrected chi connectivity index (χ3v) is 4.87. The molecule has 3 rings (SSSR count). The lowest BCUT2D eigenvalue weighted by Crippen LogP contribution is -2.23. The summed E-state index contributed by atoms with van der Waals surface area (Å²) in [4.78, 5) is 16.8. The summed E-state index contributed by atoms with van der Waals surface area (Å²) in [6.45, 7) is 0.368. The third-order valence-electron chi connectivity index (χ3n) is 3.73. The Labute approximate surface area is 160 Å². The minimum Gasteiger partial charge on any atom is -0.493 e. The van der Waals surface area contributed by atoms with Gasteiger partial charge in [-0.3, -0.25) is 4.79 Å². The number of aromatic nitrogens is 1. The molecule has 1 heterocycles. The first-order valence-electron chi connectivity index (χ1n) is 7.81. The van der Waals surface area contributed by atoms with E-state index < -0.39 is 0 Å². The van der Waals surface area contributed by atoms with E-state index in [1.165, 1.54) is 11.3 Å². The van der Waals surface area contributed by atoms with Crippen LogP contribution in [0.25, 0.3) is 10.6 Å². The number of ether oxygens (including phenoxy) is 2. The Morgan fingerprint density at radius 2 is 1.85 bits per heavy atom. The summed E-state index contributed by atoms with van der Waals surface area (Å²) < 4.78 is 10.5. The van der Waals surface area contributed by atoms with Crippen molar-refractivity contribution in [2.24, 2.45) is 0 Å². The second-order valence-electron chi connectivity index (χ2n) is 5.42. The molecule has 134 valence electrons. The first kappa shape index (κ1) is 18.2. The standard InChI is InChI=1S/C19H17ClN2O3S/c1-24-16-8-3-12(9-17(16)25-2)10-21-18(23)15-11-26-19(22-15)13-4-6-14(20)7-5-13/h3-9,11H,10H2,1-2H3,(H,21,23). The molecular weight excluding hydrogens is 372 g/mol. The van der Waals surface area contributed by atoms with Crippen molar-refractivity contribution in [2.75, 3.05) is 14.2 Å². The largest absolute Gasteiger partial charge is 0.493 e. The molecule has 1 amide bonds. The Morgan fingerprint density at radius 1 is 1.12 bits per heavy atom. The molecule has 0 atom stereocenters. The summed E-state index contributed by atoms with van der Waals surface area (Å²) in [5, 5.41) is 6.05. The van der Waals surface area contributed by atoms with Crippen LogP contribution in [0, 0.1) is 0 Å². The lowest BCUT2D eigenvalue weighted by atomic mass is 10.2. The molecule has 0 spiro atoms. The van der Waals surface area contributed by atoms with Crippen LogP contribution in [0.15, 0.2) is 47.8 Å². The lowest BCUT2D eigenvalue weighted by molar-refractivity contribution is 0.0946. The summed E-state index contributed by atoms with van der Waals surface area (Å²) in [7, 11) is 3.16. The lowest BCUT2D eigenvalue weighted by Gasteiger charge is -2.10. The number of thiazole rings is 1. The Hall–Kier alpha value is -2.57. The molecule has 1 aromatic heterocycles. The molecule has 0 fully saturated rings. The molecule has 0 saturated carbocycles. The summed E-state index contributed by atoms with van der Waals surface area (Å²) in [6.07, 6.45) is 0. The predicted molar refractivity (Wildman–Crippen MR) is 103 cm³/mol. The fourth-order valence-corrected chi connectivity index (χ4v) is 3.30. The van der Waals surface area contributed by atoms with E-state index in [1.54, 1.807) is 31.7 Å². The topological polar surface area (TPSA) is 60.5 Å². The van der Waals surface area contributed by atoms with Crippen LogP contribution in [0.5, 0.6) is 11.5 Å². The van der Waals surface area contributed by atoms with Gasteiger partial charge in [0.25, 0.3) is 5.91 Å². The van der Waals surface area contributed by atoms with Crippen LogP contribution in [0.2, 0.25) is 5.02 Å². The van der Waals surface area contributed by atoms with Crippen molar-refractivity contribution >= 4 is 28.8 Å². The van der Waals surface area contributed by atoms with Crippen molar-refractivity contribution in [1.82, 2.24) is 10.3 Å². The smallest absolute Gasteiger partial charge is 0.271 e. The maximum Gasteiger partial charge on any atom is 0.271 e. The van der Waals surface area contributed by atoms with Crippen LogP contribution in [0.4, 0.5) is 0 Å². The van der Waals surface area contributed by atoms with E-state index in [9.17, 15) is 4.79 Å². The third kappa shape index (κ3) is 4.15. The molecule has 26 heavy (non-hydrogen) atoms. The Morgan fingerprint density at radius 3 is 2.54 bits per heavy atom. The molecule has 5 nitrogen and oxygen atoms in total. The van der Waals surface area contributed by atoms with Crippen LogP contribution in [-0.4, -0.2) is 25.1 Å². The summed E-state index contributed by atoms with van der Waals surface area (Å²) in [5.74, 6) is 1.05. The number of benzene rings is 2. The number of methoxy groups -OCH3 is 2. The first-order chi connectivity index (χ1) is 12.6. The van der Waals surface area contributed by atoms with E-state index in [2.05, 4.69) is 10.3 Å². The Kier molecular flexibility index (Phi) is 5.75. The maximum atomic E-state index is 12.4. The Bertz CT molecular complexity index is 909. The van der Waals surface area contributed by atoms with Gasteiger partial charge in [-0.05, 0) is 29.8 Å². The zero-order valence-corrected chi connectivity index (χ0v) is 15.9. The molecule has 1 N–H and O–H groups in total. The highest BCUT2D eigenvalue weighted by atomic mass is 35.5. The molecule has 0 unspecified atom stereocenters. The number of carbonyl (C=O) groups excluding carboxylic acids is 1. The van der Waals surface area contributed by atoms with Gasteiger partial charge in [-0.15, -0.1) is 11.3 Å². The van der Waals surface area contributed by atoms with Crippen LogP contribution in [-0.2, 0) is 6.54 Å². The molecule has 0 saturated heterocycles. The van der Waals surface area contributed by atoms with E-state index in [1.807, 2.05) is 30.3 Å². The van der Waals surface area contributed by atoms with Crippen molar-refractivity contribution in [2.45, 2.75) is 6.54 Å². The highest BCUT2D eigenvalue weighted by Gasteiger charge is 2.12. The van der Waals surface area contributed by atoms with Crippen LogP contribution in [0.1, 0.15) is 16.1 Å². The van der Waals surface area contributed by atoms with Gasteiger partial charge in [0.15, 0.2) is 11.5 Å². The molecule has 0 aliphatic rings. The minimum atomic E-state index is -0.226. The number of nitrogens with zero attached hydrogens (tertiary/aromatic N) is 1. The monoisotopic (exact) mass is 388 g/mol. The zero-order valence-electron chi connectivity index (χ0n) is 14.3. The average molecular weight is 389 g/mol. The van der Waals surface area contributed by atoms with Crippen LogP contribution < -0.4 is 14.8 Å². The van der Waals surface area contributed by atoms with E-state index in [0.29, 0.717) is 28.8 Å². The molecule has 7 heteroatoms. The van der Waals surface area contributed by atoms with Gasteiger partial charge in [-0.1, -0.05) is 29.8 Å². The van der Waals surface area contributed by atoms with Crippen molar-refractivity contribution in [3.8, 4) is 22.1 Å². The number of carbonyl (C=O) groups is 1. The molecule has 0 aliphatic heterocycles. The number of amides is 1. The number of halogens is 1. The molecule has 0 bridgehead atoms. The van der Waals surface area contributed by atoms with Crippen LogP contribution in [0.3, 0.4) is 0 Å². The molecule has 3 aromatic rings. The number of rotatable bonds is 6. The second kappa shape index (κ2) is 8.21. The highest BCUT2D eigenvalue weighted by Crippen LogP contribution is 2.28. The maximum absolute atomic E-state index is 12.4.